The maximum absolute atomic E-state index is 12.3. The fraction of sp³-hybridized carbons (Fsp3) is 0.346. The van der Waals surface area contributed by atoms with Gasteiger partial charge in [0.15, 0.2) is 0 Å². The summed E-state index contributed by atoms with van der Waals surface area (Å²) in [5.41, 5.74) is 2.95. The van der Waals surface area contributed by atoms with Gasteiger partial charge in [0.2, 0.25) is 18.6 Å². The summed E-state index contributed by atoms with van der Waals surface area (Å²) in [6.07, 6.45) is 1.78. The molecule has 10 heteroatoms. The van der Waals surface area contributed by atoms with Gasteiger partial charge < -0.3 is 14.2 Å². The summed E-state index contributed by atoms with van der Waals surface area (Å²) in [5.74, 6) is 2.02. The van der Waals surface area contributed by atoms with Crippen LogP contribution in [-0.4, -0.2) is 47.7 Å². The number of hydrazone groups is 1. The molecule has 0 N–H and O–H groups in total. The first-order valence-electron chi connectivity index (χ1n) is 11.7. The molecule has 0 spiro atoms. The van der Waals surface area contributed by atoms with Crippen molar-refractivity contribution in [3.05, 3.63) is 60.0 Å². The zero-order chi connectivity index (χ0) is 25.3. The SMILES string of the molecule is C=NN(Cc1cccc(N2CCC(C#N)CC2)c1)C(C)=NCc1nc(-c2ccc(OCF)cc2)no1. The summed E-state index contributed by atoms with van der Waals surface area (Å²) in [6, 6.07) is 17.4. The molecule has 1 saturated heterocycles. The Bertz CT molecular complexity index is 1230. The first-order valence-corrected chi connectivity index (χ1v) is 11.7. The number of nitriles is 1. The standard InChI is InChI=1S/C26H28FN7O2/c1-19(30-16-25-31-26(32-36-25)22-6-8-24(9-7-22)35-18-27)34(29-2)17-21-4-3-5-23(14-21)33-12-10-20(15-28)11-13-33/h3-9,14,20H,2,10-13,16-18H2,1H3. The van der Waals surface area contributed by atoms with Crippen molar-refractivity contribution < 1.29 is 13.7 Å². The number of ether oxygens (including phenoxy) is 1. The second-order valence-corrected chi connectivity index (χ2v) is 8.41. The molecule has 1 aliphatic heterocycles. The lowest BCUT2D eigenvalue weighted by Crippen LogP contribution is -2.33. The van der Waals surface area contributed by atoms with Crippen LogP contribution in [0.3, 0.4) is 0 Å². The molecule has 0 aliphatic carbocycles. The number of hydrogen-bond donors (Lipinski definition) is 0. The van der Waals surface area contributed by atoms with Crippen molar-refractivity contribution in [3.63, 3.8) is 0 Å². The molecule has 36 heavy (non-hydrogen) atoms. The van der Waals surface area contributed by atoms with Gasteiger partial charge in [0, 0.05) is 37.0 Å². The zero-order valence-corrected chi connectivity index (χ0v) is 20.2. The van der Waals surface area contributed by atoms with Gasteiger partial charge in [0.1, 0.15) is 18.1 Å². The van der Waals surface area contributed by atoms with E-state index in [9.17, 15) is 4.39 Å². The third kappa shape index (κ3) is 6.24. The Balaban J connectivity index is 1.37. The molecule has 1 fully saturated rings. The molecule has 2 aromatic carbocycles. The highest BCUT2D eigenvalue weighted by Gasteiger charge is 2.19. The molecular weight excluding hydrogens is 461 g/mol. The van der Waals surface area contributed by atoms with E-state index in [1.165, 1.54) is 0 Å². The molecule has 1 aromatic heterocycles. The first kappa shape index (κ1) is 24.9. The third-order valence-electron chi connectivity index (χ3n) is 6.07. The molecule has 186 valence electrons. The Kier molecular flexibility index (Phi) is 8.24. The number of aliphatic imine (C=N–C) groups is 1. The lowest BCUT2D eigenvalue weighted by molar-refractivity contribution is 0.192. The molecule has 0 amide bonds. The van der Waals surface area contributed by atoms with Gasteiger partial charge in [-0.25, -0.2) is 9.40 Å². The Morgan fingerprint density at radius 2 is 2.06 bits per heavy atom. The van der Waals surface area contributed by atoms with Crippen molar-refractivity contribution >= 4 is 18.2 Å². The van der Waals surface area contributed by atoms with Crippen LogP contribution in [0.5, 0.6) is 5.75 Å². The molecule has 0 bridgehead atoms. The number of hydrogen-bond acceptors (Lipinski definition) is 8. The second kappa shape index (κ2) is 11.9. The van der Waals surface area contributed by atoms with E-state index in [0.717, 1.165) is 42.7 Å². The highest BCUT2D eigenvalue weighted by Crippen LogP contribution is 2.24. The summed E-state index contributed by atoms with van der Waals surface area (Å²) in [4.78, 5) is 11.2. The number of halogens is 1. The quantitative estimate of drug-likeness (QED) is 0.241. The van der Waals surface area contributed by atoms with E-state index in [1.807, 2.05) is 19.1 Å². The van der Waals surface area contributed by atoms with Crippen LogP contribution >= 0.6 is 0 Å². The normalized spacial score (nSPS) is 14.4. The fourth-order valence-electron chi connectivity index (χ4n) is 4.02. The van der Waals surface area contributed by atoms with Crippen molar-refractivity contribution in [2.45, 2.75) is 32.9 Å². The van der Waals surface area contributed by atoms with Crippen LogP contribution in [-0.2, 0) is 13.1 Å². The molecular formula is C26H28FN7O2. The maximum atomic E-state index is 12.3. The molecule has 9 nitrogen and oxygen atoms in total. The average Bonchev–Trinajstić information content (AvgIpc) is 3.40. The van der Waals surface area contributed by atoms with Gasteiger partial charge in [-0.15, -0.1) is 0 Å². The minimum atomic E-state index is -0.882. The number of piperidine rings is 1. The molecule has 2 heterocycles. The minimum Gasteiger partial charge on any atom is -0.463 e. The van der Waals surface area contributed by atoms with Crippen LogP contribution in [0, 0.1) is 17.2 Å². The maximum Gasteiger partial charge on any atom is 0.248 e. The molecule has 0 atom stereocenters. The number of nitrogens with zero attached hydrogens (tertiary/aromatic N) is 7. The lowest BCUT2D eigenvalue weighted by Gasteiger charge is -2.31. The van der Waals surface area contributed by atoms with Crippen LogP contribution < -0.4 is 9.64 Å². The van der Waals surface area contributed by atoms with E-state index >= 15 is 0 Å². The lowest BCUT2D eigenvalue weighted by atomic mass is 9.98. The Labute approximate surface area is 209 Å². The van der Waals surface area contributed by atoms with E-state index in [0.29, 0.717) is 29.8 Å². The van der Waals surface area contributed by atoms with Gasteiger partial charge in [-0.05, 0) is 61.7 Å². The second-order valence-electron chi connectivity index (χ2n) is 8.41. The molecule has 1 aliphatic rings. The summed E-state index contributed by atoms with van der Waals surface area (Å²) in [6.45, 7) is 7.15. The van der Waals surface area contributed by atoms with Crippen LogP contribution in [0.25, 0.3) is 11.4 Å². The summed E-state index contributed by atoms with van der Waals surface area (Å²) in [7, 11) is 0. The van der Waals surface area contributed by atoms with Crippen molar-refractivity contribution in [1.82, 2.24) is 15.1 Å². The Hall–Kier alpha value is -4.26. The molecule has 0 radical (unpaired) electrons. The van der Waals surface area contributed by atoms with Crippen molar-refractivity contribution in [3.8, 4) is 23.2 Å². The fourth-order valence-corrected chi connectivity index (χ4v) is 4.02. The largest absolute Gasteiger partial charge is 0.463 e. The van der Waals surface area contributed by atoms with Gasteiger partial charge >= 0.3 is 0 Å². The van der Waals surface area contributed by atoms with Crippen LogP contribution in [0.2, 0.25) is 0 Å². The number of alkyl halides is 1. The highest BCUT2D eigenvalue weighted by atomic mass is 19.1. The van der Waals surface area contributed by atoms with Crippen molar-refractivity contribution in [1.29, 1.82) is 5.26 Å². The van der Waals surface area contributed by atoms with Gasteiger partial charge in [-0.1, -0.05) is 17.3 Å². The summed E-state index contributed by atoms with van der Waals surface area (Å²) in [5, 5.41) is 19.0. The van der Waals surface area contributed by atoms with Gasteiger partial charge in [-0.3, -0.25) is 4.99 Å². The average molecular weight is 490 g/mol. The number of benzene rings is 2. The predicted octanol–water partition coefficient (Wildman–Crippen LogP) is 4.82. The third-order valence-corrected chi connectivity index (χ3v) is 6.07. The van der Waals surface area contributed by atoms with Crippen molar-refractivity contribution in [2.75, 3.05) is 24.9 Å². The molecule has 4 rings (SSSR count). The van der Waals surface area contributed by atoms with E-state index in [4.69, 9.17) is 14.5 Å². The smallest absolute Gasteiger partial charge is 0.248 e. The number of rotatable bonds is 9. The zero-order valence-electron chi connectivity index (χ0n) is 20.2. The van der Waals surface area contributed by atoms with Gasteiger partial charge in [-0.2, -0.15) is 15.3 Å². The first-order chi connectivity index (χ1) is 17.6. The molecule has 0 saturated carbocycles. The van der Waals surface area contributed by atoms with Gasteiger partial charge in [0.05, 0.1) is 12.6 Å². The minimum absolute atomic E-state index is 0.154. The Morgan fingerprint density at radius 1 is 1.28 bits per heavy atom. The van der Waals surface area contributed by atoms with E-state index in [2.05, 4.69) is 50.1 Å². The monoisotopic (exact) mass is 489 g/mol. The van der Waals surface area contributed by atoms with Gasteiger partial charge in [0.25, 0.3) is 0 Å². The van der Waals surface area contributed by atoms with E-state index in [-0.39, 0.29) is 12.5 Å². The van der Waals surface area contributed by atoms with Crippen LogP contribution in [0.15, 0.2) is 63.1 Å². The summed E-state index contributed by atoms with van der Waals surface area (Å²) < 4.78 is 22.4. The predicted molar refractivity (Wildman–Crippen MR) is 135 cm³/mol. The molecule has 3 aromatic rings. The topological polar surface area (TPSA) is 103 Å². The van der Waals surface area contributed by atoms with Crippen LogP contribution in [0.4, 0.5) is 10.1 Å². The number of amidine groups is 1. The Morgan fingerprint density at radius 3 is 2.75 bits per heavy atom. The number of aromatic nitrogens is 2. The van der Waals surface area contributed by atoms with E-state index < -0.39 is 6.86 Å². The molecule has 0 unspecified atom stereocenters. The highest BCUT2D eigenvalue weighted by molar-refractivity contribution is 5.79. The van der Waals surface area contributed by atoms with Crippen molar-refractivity contribution in [2.24, 2.45) is 16.0 Å². The van der Waals surface area contributed by atoms with Crippen LogP contribution in [0.1, 0.15) is 31.2 Å². The summed E-state index contributed by atoms with van der Waals surface area (Å²) >= 11 is 0. The number of anilines is 1. The van der Waals surface area contributed by atoms with E-state index in [1.54, 1.807) is 29.3 Å².